The quantitative estimate of drug-likeness (QED) is 0.742. The van der Waals surface area contributed by atoms with Gasteiger partial charge in [-0.05, 0) is 19.2 Å². The average Bonchev–Trinajstić information content (AvgIpc) is 3.04. The molecule has 3 heterocycles. The Balaban J connectivity index is 1.76. The highest BCUT2D eigenvalue weighted by molar-refractivity contribution is 5.76. The van der Waals surface area contributed by atoms with E-state index in [2.05, 4.69) is 15.1 Å². The van der Waals surface area contributed by atoms with Crippen LogP contribution in [-0.4, -0.2) is 68.5 Å². The molecule has 8 heteroatoms. The Morgan fingerprint density at radius 2 is 2.00 bits per heavy atom. The lowest BCUT2D eigenvalue weighted by molar-refractivity contribution is -0.133. The highest BCUT2D eigenvalue weighted by atomic mass is 16.2. The molecule has 1 aliphatic heterocycles. The molecule has 116 valence electrons. The van der Waals surface area contributed by atoms with Crippen LogP contribution in [0.15, 0.2) is 35.4 Å². The maximum atomic E-state index is 12.3. The summed E-state index contributed by atoms with van der Waals surface area (Å²) in [5.74, 6) is 0.427. The number of carbonyl (C=O) groups is 1. The molecule has 0 aromatic carbocycles. The van der Waals surface area contributed by atoms with Crippen molar-refractivity contribution in [3.05, 3.63) is 40.9 Å². The van der Waals surface area contributed by atoms with Gasteiger partial charge in [0.2, 0.25) is 5.91 Å². The Kier molecular flexibility index (Phi) is 4.01. The number of nitrogens with zero attached hydrogens (tertiary/aromatic N) is 6. The van der Waals surface area contributed by atoms with Crippen LogP contribution in [-0.2, 0) is 11.3 Å². The highest BCUT2D eigenvalue weighted by Crippen LogP contribution is 2.02. The van der Waals surface area contributed by atoms with Crippen LogP contribution in [0.1, 0.15) is 0 Å². The summed E-state index contributed by atoms with van der Waals surface area (Å²) in [5, 5.41) is 8.28. The molecule has 1 fully saturated rings. The van der Waals surface area contributed by atoms with Gasteiger partial charge in [0.25, 0.3) is 5.56 Å². The first-order valence-electron chi connectivity index (χ1n) is 7.18. The molecule has 3 rings (SSSR count). The van der Waals surface area contributed by atoms with E-state index in [1.54, 1.807) is 34.1 Å². The lowest BCUT2D eigenvalue weighted by atomic mass is 10.3. The number of piperazine rings is 1. The zero-order valence-electron chi connectivity index (χ0n) is 12.4. The molecule has 0 radical (unpaired) electrons. The molecule has 1 amide bonds. The normalized spacial score (nSPS) is 16.0. The van der Waals surface area contributed by atoms with Crippen LogP contribution < -0.4 is 5.56 Å². The van der Waals surface area contributed by atoms with E-state index in [0.717, 1.165) is 13.1 Å². The van der Waals surface area contributed by atoms with Gasteiger partial charge in [-0.1, -0.05) is 0 Å². The zero-order chi connectivity index (χ0) is 15.5. The fourth-order valence-electron chi connectivity index (χ4n) is 2.36. The maximum absolute atomic E-state index is 12.3. The Labute approximate surface area is 127 Å². The molecular weight excluding hydrogens is 284 g/mol. The van der Waals surface area contributed by atoms with Crippen molar-refractivity contribution in [2.75, 3.05) is 33.2 Å². The van der Waals surface area contributed by atoms with Gasteiger partial charge in [0.1, 0.15) is 6.54 Å². The van der Waals surface area contributed by atoms with Crippen LogP contribution >= 0.6 is 0 Å². The maximum Gasteiger partial charge on any atom is 0.267 e. The predicted octanol–water partition coefficient (Wildman–Crippen LogP) is -0.797. The van der Waals surface area contributed by atoms with Crippen LogP contribution in [0, 0.1) is 0 Å². The average molecular weight is 302 g/mol. The first-order chi connectivity index (χ1) is 10.6. The lowest BCUT2D eigenvalue weighted by Crippen LogP contribution is -2.48. The summed E-state index contributed by atoms with van der Waals surface area (Å²) in [4.78, 5) is 28.2. The van der Waals surface area contributed by atoms with Crippen molar-refractivity contribution in [3.8, 4) is 5.82 Å². The highest BCUT2D eigenvalue weighted by Gasteiger charge is 2.20. The van der Waals surface area contributed by atoms with E-state index < -0.39 is 0 Å². The van der Waals surface area contributed by atoms with Crippen molar-refractivity contribution in [1.82, 2.24) is 29.4 Å². The summed E-state index contributed by atoms with van der Waals surface area (Å²) in [6, 6.07) is 4.76. The smallest absolute Gasteiger partial charge is 0.267 e. The fourth-order valence-corrected chi connectivity index (χ4v) is 2.36. The van der Waals surface area contributed by atoms with Crippen LogP contribution in [0.3, 0.4) is 0 Å². The summed E-state index contributed by atoms with van der Waals surface area (Å²) >= 11 is 0. The van der Waals surface area contributed by atoms with E-state index in [1.807, 2.05) is 7.05 Å². The largest absolute Gasteiger partial charge is 0.339 e. The van der Waals surface area contributed by atoms with Gasteiger partial charge in [-0.2, -0.15) is 5.10 Å². The van der Waals surface area contributed by atoms with Crippen molar-refractivity contribution in [2.24, 2.45) is 0 Å². The van der Waals surface area contributed by atoms with E-state index >= 15 is 0 Å². The Morgan fingerprint density at radius 1 is 1.23 bits per heavy atom. The molecule has 0 aliphatic carbocycles. The van der Waals surface area contributed by atoms with Crippen LogP contribution in [0.4, 0.5) is 0 Å². The van der Waals surface area contributed by atoms with Gasteiger partial charge < -0.3 is 9.80 Å². The Bertz CT molecular complexity index is 700. The van der Waals surface area contributed by atoms with Crippen molar-refractivity contribution < 1.29 is 4.79 Å². The van der Waals surface area contributed by atoms with Gasteiger partial charge in [-0.15, -0.1) is 5.10 Å². The second-order valence-corrected chi connectivity index (χ2v) is 5.32. The molecule has 0 atom stereocenters. The number of likely N-dealkylation sites (N-methyl/N-ethyl adjacent to an activating group) is 1. The minimum absolute atomic E-state index is 0.0440. The summed E-state index contributed by atoms with van der Waals surface area (Å²) < 4.78 is 2.74. The van der Waals surface area contributed by atoms with E-state index in [0.29, 0.717) is 18.9 Å². The minimum atomic E-state index is -0.293. The van der Waals surface area contributed by atoms with E-state index in [1.165, 1.54) is 10.7 Å². The molecule has 1 aliphatic rings. The minimum Gasteiger partial charge on any atom is -0.339 e. The van der Waals surface area contributed by atoms with E-state index in [-0.39, 0.29) is 18.0 Å². The SMILES string of the molecule is CN1CCN(C(=O)Cn2nc(-n3cccn3)ccc2=O)CC1. The standard InChI is InChI=1S/C14H18N6O2/c1-17-7-9-18(10-8-17)14(22)11-20-13(21)4-3-12(16-20)19-6-2-5-15-19/h2-6H,7-11H2,1H3. The van der Waals surface area contributed by atoms with Crippen molar-refractivity contribution in [3.63, 3.8) is 0 Å². The second kappa shape index (κ2) is 6.10. The first kappa shape index (κ1) is 14.5. The summed E-state index contributed by atoms with van der Waals surface area (Å²) in [5.41, 5.74) is -0.293. The molecule has 0 unspecified atom stereocenters. The summed E-state index contributed by atoms with van der Waals surface area (Å²) in [6.07, 6.45) is 3.37. The lowest BCUT2D eigenvalue weighted by Gasteiger charge is -2.32. The number of aromatic nitrogens is 4. The Hall–Kier alpha value is -2.48. The molecular formula is C14H18N6O2. The number of carbonyl (C=O) groups excluding carboxylic acids is 1. The second-order valence-electron chi connectivity index (χ2n) is 5.32. The third-order valence-electron chi connectivity index (χ3n) is 3.73. The third kappa shape index (κ3) is 3.06. The molecule has 2 aromatic heterocycles. The van der Waals surface area contributed by atoms with Gasteiger partial charge in [0.05, 0.1) is 0 Å². The summed E-state index contributed by atoms with van der Waals surface area (Å²) in [6.45, 7) is 3.02. The number of rotatable bonds is 3. The van der Waals surface area contributed by atoms with Gasteiger partial charge >= 0.3 is 0 Å². The zero-order valence-corrected chi connectivity index (χ0v) is 12.4. The predicted molar refractivity (Wildman–Crippen MR) is 79.7 cm³/mol. The van der Waals surface area contributed by atoms with Crippen LogP contribution in [0.2, 0.25) is 0 Å². The molecule has 0 saturated carbocycles. The monoisotopic (exact) mass is 302 g/mol. The van der Waals surface area contributed by atoms with Gasteiger partial charge in [-0.3, -0.25) is 9.59 Å². The number of amides is 1. The summed E-state index contributed by atoms with van der Waals surface area (Å²) in [7, 11) is 2.03. The van der Waals surface area contributed by atoms with Crippen molar-refractivity contribution >= 4 is 5.91 Å². The molecule has 0 spiro atoms. The molecule has 0 bridgehead atoms. The molecule has 2 aromatic rings. The topological polar surface area (TPSA) is 76.3 Å². The van der Waals surface area contributed by atoms with Gasteiger partial charge in [0.15, 0.2) is 5.82 Å². The van der Waals surface area contributed by atoms with Crippen molar-refractivity contribution in [1.29, 1.82) is 0 Å². The number of hydrogen-bond donors (Lipinski definition) is 0. The fraction of sp³-hybridized carbons (Fsp3) is 0.429. The Morgan fingerprint density at radius 3 is 2.68 bits per heavy atom. The van der Waals surface area contributed by atoms with Crippen molar-refractivity contribution in [2.45, 2.75) is 6.54 Å². The van der Waals surface area contributed by atoms with E-state index in [9.17, 15) is 9.59 Å². The number of hydrogen-bond acceptors (Lipinski definition) is 5. The van der Waals surface area contributed by atoms with Gasteiger partial charge in [0, 0.05) is 44.6 Å². The first-order valence-corrected chi connectivity index (χ1v) is 7.18. The van der Waals surface area contributed by atoms with E-state index in [4.69, 9.17) is 0 Å². The van der Waals surface area contributed by atoms with Crippen LogP contribution in [0.25, 0.3) is 5.82 Å². The molecule has 0 N–H and O–H groups in total. The van der Waals surface area contributed by atoms with Gasteiger partial charge in [-0.25, -0.2) is 9.36 Å². The van der Waals surface area contributed by atoms with Crippen LogP contribution in [0.5, 0.6) is 0 Å². The molecule has 22 heavy (non-hydrogen) atoms. The third-order valence-corrected chi connectivity index (χ3v) is 3.73. The molecule has 1 saturated heterocycles. The molecule has 8 nitrogen and oxygen atoms in total.